The summed E-state index contributed by atoms with van der Waals surface area (Å²) in [5.74, 6) is 0.447. The Hall–Kier alpha value is -2.76. The third kappa shape index (κ3) is 3.13. The van der Waals surface area contributed by atoms with Crippen LogP contribution in [0.4, 0.5) is 0 Å². The molecule has 0 aliphatic heterocycles. The highest BCUT2D eigenvalue weighted by atomic mass is 16.1. The predicted molar refractivity (Wildman–Crippen MR) is 92.1 cm³/mol. The van der Waals surface area contributed by atoms with E-state index in [1.807, 2.05) is 6.07 Å². The van der Waals surface area contributed by atoms with Crippen LogP contribution in [0.15, 0.2) is 41.5 Å². The molecule has 3 rings (SSSR count). The van der Waals surface area contributed by atoms with E-state index in [1.165, 1.54) is 17.6 Å². The number of hydrogen-bond acceptors (Lipinski definition) is 4. The molecule has 0 unspecified atom stereocenters. The van der Waals surface area contributed by atoms with Gasteiger partial charge in [-0.25, -0.2) is 9.50 Å². The molecule has 24 heavy (non-hydrogen) atoms. The number of Topliss-reactive ketones (excluding diaryl/α,β-unsaturated/α-hetero) is 1. The molecular formula is C18H20N4O2. The molecule has 0 spiro atoms. The van der Waals surface area contributed by atoms with Crippen molar-refractivity contribution in [2.45, 2.75) is 33.7 Å². The minimum absolute atomic E-state index is 0.0486. The van der Waals surface area contributed by atoms with E-state index in [1.54, 1.807) is 29.0 Å². The van der Waals surface area contributed by atoms with Crippen molar-refractivity contribution in [1.82, 2.24) is 19.2 Å². The lowest BCUT2D eigenvalue weighted by atomic mass is 10.1. The molecule has 0 radical (unpaired) electrons. The first kappa shape index (κ1) is 16.1. The summed E-state index contributed by atoms with van der Waals surface area (Å²) >= 11 is 0. The zero-order chi connectivity index (χ0) is 17.3. The SMILES string of the molecule is CC(=O)c1cnc2ccc(-c3ccn(CCC(C)C)c(=O)c3)nn12. The van der Waals surface area contributed by atoms with Crippen molar-refractivity contribution < 1.29 is 4.79 Å². The summed E-state index contributed by atoms with van der Waals surface area (Å²) in [6, 6.07) is 7.05. The van der Waals surface area contributed by atoms with Gasteiger partial charge in [0.05, 0.1) is 11.9 Å². The lowest BCUT2D eigenvalue weighted by molar-refractivity contribution is 0.101. The lowest BCUT2D eigenvalue weighted by Crippen LogP contribution is -2.19. The fourth-order valence-corrected chi connectivity index (χ4v) is 2.52. The molecule has 124 valence electrons. The van der Waals surface area contributed by atoms with E-state index in [9.17, 15) is 9.59 Å². The summed E-state index contributed by atoms with van der Waals surface area (Å²) in [5, 5.41) is 4.46. The van der Waals surface area contributed by atoms with Crippen LogP contribution in [0, 0.1) is 5.92 Å². The molecule has 0 amide bonds. The van der Waals surface area contributed by atoms with Crippen LogP contribution in [-0.2, 0) is 6.54 Å². The highest BCUT2D eigenvalue weighted by Crippen LogP contribution is 2.16. The first-order valence-corrected chi connectivity index (χ1v) is 8.02. The third-order valence-corrected chi connectivity index (χ3v) is 3.96. The van der Waals surface area contributed by atoms with Crippen molar-refractivity contribution in [2.24, 2.45) is 5.92 Å². The number of ketones is 1. The summed E-state index contributed by atoms with van der Waals surface area (Å²) in [7, 11) is 0. The van der Waals surface area contributed by atoms with Crippen molar-refractivity contribution in [3.8, 4) is 11.3 Å². The number of nitrogens with zero attached hydrogens (tertiary/aromatic N) is 4. The van der Waals surface area contributed by atoms with Crippen LogP contribution in [0.3, 0.4) is 0 Å². The van der Waals surface area contributed by atoms with E-state index in [-0.39, 0.29) is 11.3 Å². The number of carbonyl (C=O) groups excluding carboxylic acids is 1. The minimum Gasteiger partial charge on any atom is -0.315 e. The Morgan fingerprint density at radius 2 is 2.04 bits per heavy atom. The third-order valence-electron chi connectivity index (χ3n) is 3.96. The van der Waals surface area contributed by atoms with Gasteiger partial charge in [-0.3, -0.25) is 9.59 Å². The zero-order valence-electron chi connectivity index (χ0n) is 14.1. The van der Waals surface area contributed by atoms with Crippen molar-refractivity contribution in [3.05, 3.63) is 52.7 Å². The largest absolute Gasteiger partial charge is 0.315 e. The topological polar surface area (TPSA) is 69.3 Å². The molecule has 0 aliphatic rings. The molecule has 0 aromatic carbocycles. The molecule has 6 heteroatoms. The quantitative estimate of drug-likeness (QED) is 0.677. The second kappa shape index (κ2) is 6.39. The molecule has 3 aromatic rings. The van der Waals surface area contributed by atoms with Crippen molar-refractivity contribution in [1.29, 1.82) is 0 Å². The molecule has 3 aromatic heterocycles. The number of imidazole rings is 1. The molecule has 0 N–H and O–H groups in total. The predicted octanol–water partition coefficient (Wildman–Crippen LogP) is 2.81. The Bertz CT molecular complexity index is 953. The Morgan fingerprint density at radius 3 is 2.71 bits per heavy atom. The number of rotatable bonds is 5. The lowest BCUT2D eigenvalue weighted by Gasteiger charge is -2.09. The molecule has 0 bridgehead atoms. The van der Waals surface area contributed by atoms with Gasteiger partial charge in [-0.15, -0.1) is 0 Å². The molecule has 0 saturated carbocycles. The summed E-state index contributed by atoms with van der Waals surface area (Å²) in [6.07, 6.45) is 4.27. The summed E-state index contributed by atoms with van der Waals surface area (Å²) in [6.45, 7) is 6.46. The first-order chi connectivity index (χ1) is 11.5. The minimum atomic E-state index is -0.101. The second-order valence-electron chi connectivity index (χ2n) is 6.32. The number of fused-ring (bicyclic) bond motifs is 1. The highest BCUT2D eigenvalue weighted by Gasteiger charge is 2.11. The van der Waals surface area contributed by atoms with Gasteiger partial charge in [-0.05, 0) is 30.5 Å². The zero-order valence-corrected chi connectivity index (χ0v) is 14.1. The van der Waals surface area contributed by atoms with Gasteiger partial charge in [-0.1, -0.05) is 13.8 Å². The highest BCUT2D eigenvalue weighted by molar-refractivity contribution is 5.92. The van der Waals surface area contributed by atoms with E-state index in [4.69, 9.17) is 0 Å². The average molecular weight is 324 g/mol. The normalized spacial score (nSPS) is 11.3. The van der Waals surface area contributed by atoms with Gasteiger partial charge in [0, 0.05) is 31.3 Å². The number of aryl methyl sites for hydroxylation is 1. The van der Waals surface area contributed by atoms with Crippen molar-refractivity contribution in [2.75, 3.05) is 0 Å². The summed E-state index contributed by atoms with van der Waals surface area (Å²) in [5.41, 5.74) is 2.35. The van der Waals surface area contributed by atoms with E-state index in [2.05, 4.69) is 23.9 Å². The maximum atomic E-state index is 12.3. The van der Waals surface area contributed by atoms with Gasteiger partial charge in [0.1, 0.15) is 5.69 Å². The molecule has 3 heterocycles. The fourth-order valence-electron chi connectivity index (χ4n) is 2.52. The number of aromatic nitrogens is 4. The van der Waals surface area contributed by atoms with Crippen LogP contribution in [0.2, 0.25) is 0 Å². The van der Waals surface area contributed by atoms with Crippen molar-refractivity contribution in [3.63, 3.8) is 0 Å². The monoisotopic (exact) mass is 324 g/mol. The Labute approximate surface area is 139 Å². The number of pyridine rings is 1. The van der Waals surface area contributed by atoms with E-state index in [0.29, 0.717) is 29.5 Å². The Kier molecular flexibility index (Phi) is 4.29. The fraction of sp³-hybridized carbons (Fsp3) is 0.333. The van der Waals surface area contributed by atoms with Crippen LogP contribution in [0.1, 0.15) is 37.7 Å². The van der Waals surface area contributed by atoms with Gasteiger partial charge in [-0.2, -0.15) is 5.10 Å². The van der Waals surface area contributed by atoms with E-state index >= 15 is 0 Å². The molecular weight excluding hydrogens is 304 g/mol. The Balaban J connectivity index is 1.98. The first-order valence-electron chi connectivity index (χ1n) is 8.02. The van der Waals surface area contributed by atoms with Gasteiger partial charge < -0.3 is 4.57 Å². The summed E-state index contributed by atoms with van der Waals surface area (Å²) in [4.78, 5) is 28.1. The second-order valence-corrected chi connectivity index (χ2v) is 6.32. The molecule has 0 aliphatic carbocycles. The maximum Gasteiger partial charge on any atom is 0.251 e. The van der Waals surface area contributed by atoms with Crippen LogP contribution >= 0.6 is 0 Å². The number of carbonyl (C=O) groups is 1. The van der Waals surface area contributed by atoms with Crippen molar-refractivity contribution >= 4 is 11.4 Å². The number of hydrogen-bond donors (Lipinski definition) is 0. The van der Waals surface area contributed by atoms with Crippen LogP contribution in [0.5, 0.6) is 0 Å². The molecule has 0 saturated heterocycles. The molecule has 6 nitrogen and oxygen atoms in total. The van der Waals surface area contributed by atoms with E-state index in [0.717, 1.165) is 12.0 Å². The van der Waals surface area contributed by atoms with Crippen LogP contribution in [-0.4, -0.2) is 24.9 Å². The molecule has 0 fully saturated rings. The van der Waals surface area contributed by atoms with Gasteiger partial charge in [0.25, 0.3) is 5.56 Å². The van der Waals surface area contributed by atoms with Gasteiger partial charge in [0.2, 0.25) is 0 Å². The van der Waals surface area contributed by atoms with Gasteiger partial charge in [0.15, 0.2) is 11.4 Å². The van der Waals surface area contributed by atoms with Crippen LogP contribution < -0.4 is 5.56 Å². The van der Waals surface area contributed by atoms with E-state index < -0.39 is 0 Å². The standard InChI is InChI=1S/C18H20N4O2/c1-12(2)6-8-21-9-7-14(10-18(21)24)15-4-5-17-19-11-16(13(3)23)22(17)20-15/h4-5,7,9-12H,6,8H2,1-3H3. The average Bonchev–Trinajstić information content (AvgIpc) is 2.96. The summed E-state index contributed by atoms with van der Waals surface area (Å²) < 4.78 is 3.22. The Morgan fingerprint density at radius 1 is 1.25 bits per heavy atom. The molecule has 0 atom stereocenters. The van der Waals surface area contributed by atoms with Crippen LogP contribution in [0.25, 0.3) is 16.9 Å². The van der Waals surface area contributed by atoms with Gasteiger partial charge >= 0.3 is 0 Å². The smallest absolute Gasteiger partial charge is 0.251 e. The maximum absolute atomic E-state index is 12.3.